The Balaban J connectivity index is 2.35. The first kappa shape index (κ1) is 13.3. The maximum absolute atomic E-state index is 11.4. The fourth-order valence-corrected chi connectivity index (χ4v) is 1.39. The highest BCUT2D eigenvalue weighted by Gasteiger charge is 2.03. The van der Waals surface area contributed by atoms with Crippen molar-refractivity contribution >= 4 is 5.91 Å². The minimum atomic E-state index is 0.000317. The molecule has 3 heteroatoms. The van der Waals surface area contributed by atoms with Gasteiger partial charge in [-0.1, -0.05) is 18.2 Å². The third-order valence-corrected chi connectivity index (χ3v) is 2.37. The lowest BCUT2D eigenvalue weighted by atomic mass is 10.2. The SMILES string of the molecule is CC=CC(=O)N(C)CCOc1cccc(C)c1. The topological polar surface area (TPSA) is 29.5 Å². The Morgan fingerprint density at radius 3 is 2.88 bits per heavy atom. The van der Waals surface area contributed by atoms with Crippen molar-refractivity contribution in [3.8, 4) is 5.75 Å². The molecule has 1 aromatic rings. The lowest BCUT2D eigenvalue weighted by Crippen LogP contribution is -2.29. The van der Waals surface area contributed by atoms with Crippen molar-refractivity contribution in [2.45, 2.75) is 13.8 Å². The summed E-state index contributed by atoms with van der Waals surface area (Å²) in [6.07, 6.45) is 3.28. The zero-order chi connectivity index (χ0) is 12.7. The highest BCUT2D eigenvalue weighted by molar-refractivity contribution is 5.87. The van der Waals surface area contributed by atoms with Crippen molar-refractivity contribution in [1.29, 1.82) is 0 Å². The Morgan fingerprint density at radius 2 is 2.24 bits per heavy atom. The van der Waals surface area contributed by atoms with E-state index in [0.29, 0.717) is 13.2 Å². The summed E-state index contributed by atoms with van der Waals surface area (Å²) in [6, 6.07) is 7.88. The van der Waals surface area contributed by atoms with Crippen LogP contribution in [0.3, 0.4) is 0 Å². The highest BCUT2D eigenvalue weighted by atomic mass is 16.5. The Hall–Kier alpha value is -1.77. The van der Waals surface area contributed by atoms with Crippen LogP contribution in [-0.2, 0) is 4.79 Å². The van der Waals surface area contributed by atoms with Gasteiger partial charge in [0, 0.05) is 7.05 Å². The standard InChI is InChI=1S/C14H19NO2/c1-4-6-14(16)15(3)9-10-17-13-8-5-7-12(2)11-13/h4-8,11H,9-10H2,1-3H3. The van der Waals surface area contributed by atoms with Crippen molar-refractivity contribution in [1.82, 2.24) is 4.90 Å². The largest absolute Gasteiger partial charge is 0.492 e. The molecule has 0 fully saturated rings. The van der Waals surface area contributed by atoms with E-state index in [1.807, 2.05) is 38.1 Å². The van der Waals surface area contributed by atoms with Gasteiger partial charge in [0.1, 0.15) is 12.4 Å². The Bertz CT molecular complexity index is 399. The normalized spacial score (nSPS) is 10.5. The minimum Gasteiger partial charge on any atom is -0.492 e. The average molecular weight is 233 g/mol. The van der Waals surface area contributed by atoms with Crippen LogP contribution < -0.4 is 4.74 Å². The van der Waals surface area contributed by atoms with Crippen LogP contribution in [0.2, 0.25) is 0 Å². The first-order valence-electron chi connectivity index (χ1n) is 5.70. The van der Waals surface area contributed by atoms with E-state index in [9.17, 15) is 4.79 Å². The summed E-state index contributed by atoms with van der Waals surface area (Å²) in [7, 11) is 1.77. The molecule has 0 radical (unpaired) electrons. The molecule has 0 heterocycles. The van der Waals surface area contributed by atoms with E-state index in [1.165, 1.54) is 5.56 Å². The molecule has 0 aliphatic carbocycles. The molecule has 0 saturated carbocycles. The van der Waals surface area contributed by atoms with Crippen molar-refractivity contribution in [2.24, 2.45) is 0 Å². The summed E-state index contributed by atoms with van der Waals surface area (Å²) >= 11 is 0. The number of hydrogen-bond acceptors (Lipinski definition) is 2. The van der Waals surface area contributed by atoms with Crippen LogP contribution in [0.25, 0.3) is 0 Å². The summed E-state index contributed by atoms with van der Waals surface area (Å²) < 4.78 is 5.57. The van der Waals surface area contributed by atoms with Crippen LogP contribution in [0.1, 0.15) is 12.5 Å². The molecule has 0 saturated heterocycles. The number of aryl methyl sites for hydroxylation is 1. The monoisotopic (exact) mass is 233 g/mol. The second kappa shape index (κ2) is 6.74. The predicted octanol–water partition coefficient (Wildman–Crippen LogP) is 2.41. The van der Waals surface area contributed by atoms with Gasteiger partial charge in [0.15, 0.2) is 0 Å². The third-order valence-electron chi connectivity index (χ3n) is 2.37. The Kier molecular flexibility index (Phi) is 5.27. The number of nitrogens with zero attached hydrogens (tertiary/aromatic N) is 1. The molecule has 0 spiro atoms. The molecule has 0 atom stereocenters. The number of hydrogen-bond donors (Lipinski definition) is 0. The lowest BCUT2D eigenvalue weighted by Gasteiger charge is -2.15. The predicted molar refractivity (Wildman–Crippen MR) is 69.1 cm³/mol. The van der Waals surface area contributed by atoms with Crippen LogP contribution in [0.5, 0.6) is 5.75 Å². The summed E-state index contributed by atoms with van der Waals surface area (Å²) in [4.78, 5) is 13.1. The molecule has 0 aliphatic heterocycles. The zero-order valence-corrected chi connectivity index (χ0v) is 10.6. The van der Waals surface area contributed by atoms with Gasteiger partial charge in [-0.25, -0.2) is 0 Å². The van der Waals surface area contributed by atoms with Gasteiger partial charge in [0.2, 0.25) is 5.91 Å². The first-order valence-corrected chi connectivity index (χ1v) is 5.70. The maximum atomic E-state index is 11.4. The number of ether oxygens (including phenoxy) is 1. The second-order valence-corrected chi connectivity index (χ2v) is 3.92. The molecule has 1 amide bonds. The van der Waals surface area contributed by atoms with Gasteiger partial charge in [-0.15, -0.1) is 0 Å². The third kappa shape index (κ3) is 4.72. The molecule has 0 unspecified atom stereocenters. The molecule has 0 bridgehead atoms. The quantitative estimate of drug-likeness (QED) is 0.731. The fourth-order valence-electron chi connectivity index (χ4n) is 1.39. The molecule has 1 rings (SSSR count). The summed E-state index contributed by atoms with van der Waals surface area (Å²) in [5.74, 6) is 0.845. The van der Waals surface area contributed by atoms with Crippen LogP contribution >= 0.6 is 0 Å². The summed E-state index contributed by atoms with van der Waals surface area (Å²) in [6.45, 7) is 4.93. The van der Waals surface area contributed by atoms with E-state index in [4.69, 9.17) is 4.74 Å². The minimum absolute atomic E-state index is 0.000317. The smallest absolute Gasteiger partial charge is 0.246 e. The van der Waals surface area contributed by atoms with E-state index >= 15 is 0 Å². The molecule has 92 valence electrons. The lowest BCUT2D eigenvalue weighted by molar-refractivity contribution is -0.125. The Morgan fingerprint density at radius 1 is 1.47 bits per heavy atom. The van der Waals surface area contributed by atoms with Crippen LogP contribution in [0, 0.1) is 6.92 Å². The van der Waals surface area contributed by atoms with E-state index in [-0.39, 0.29) is 5.91 Å². The van der Waals surface area contributed by atoms with E-state index in [2.05, 4.69) is 0 Å². The molecule has 0 N–H and O–H groups in total. The van der Waals surface area contributed by atoms with E-state index < -0.39 is 0 Å². The number of likely N-dealkylation sites (N-methyl/N-ethyl adjacent to an activating group) is 1. The van der Waals surface area contributed by atoms with Crippen molar-refractivity contribution in [3.63, 3.8) is 0 Å². The first-order chi connectivity index (χ1) is 8.13. The maximum Gasteiger partial charge on any atom is 0.246 e. The van der Waals surface area contributed by atoms with Gasteiger partial charge in [-0.2, -0.15) is 0 Å². The number of carbonyl (C=O) groups is 1. The highest BCUT2D eigenvalue weighted by Crippen LogP contribution is 2.11. The molecule has 0 aromatic heterocycles. The number of allylic oxidation sites excluding steroid dienone is 1. The van der Waals surface area contributed by atoms with Crippen LogP contribution in [0.15, 0.2) is 36.4 Å². The van der Waals surface area contributed by atoms with Crippen LogP contribution in [-0.4, -0.2) is 31.0 Å². The van der Waals surface area contributed by atoms with Gasteiger partial charge in [-0.05, 0) is 37.6 Å². The molecule has 3 nitrogen and oxygen atoms in total. The van der Waals surface area contributed by atoms with E-state index in [1.54, 1.807) is 24.1 Å². The molecule has 1 aromatic carbocycles. The number of carbonyl (C=O) groups excluding carboxylic acids is 1. The number of amides is 1. The molecule has 0 aliphatic rings. The van der Waals surface area contributed by atoms with Gasteiger partial charge in [-0.3, -0.25) is 4.79 Å². The van der Waals surface area contributed by atoms with Gasteiger partial charge < -0.3 is 9.64 Å². The van der Waals surface area contributed by atoms with Crippen molar-refractivity contribution in [2.75, 3.05) is 20.2 Å². The fraction of sp³-hybridized carbons (Fsp3) is 0.357. The molecular weight excluding hydrogens is 214 g/mol. The van der Waals surface area contributed by atoms with Gasteiger partial charge >= 0.3 is 0 Å². The summed E-state index contributed by atoms with van der Waals surface area (Å²) in [5, 5.41) is 0. The number of rotatable bonds is 5. The van der Waals surface area contributed by atoms with Crippen molar-refractivity contribution < 1.29 is 9.53 Å². The van der Waals surface area contributed by atoms with Gasteiger partial charge in [0.05, 0.1) is 6.54 Å². The van der Waals surface area contributed by atoms with Gasteiger partial charge in [0.25, 0.3) is 0 Å². The van der Waals surface area contributed by atoms with E-state index in [0.717, 1.165) is 5.75 Å². The van der Waals surface area contributed by atoms with Crippen LogP contribution in [0.4, 0.5) is 0 Å². The molecular formula is C14H19NO2. The second-order valence-electron chi connectivity index (χ2n) is 3.92. The van der Waals surface area contributed by atoms with Crippen molar-refractivity contribution in [3.05, 3.63) is 42.0 Å². The summed E-state index contributed by atoms with van der Waals surface area (Å²) in [5.41, 5.74) is 1.17. The Labute approximate surface area is 103 Å². The molecule has 17 heavy (non-hydrogen) atoms. The number of benzene rings is 1. The zero-order valence-electron chi connectivity index (χ0n) is 10.6. The average Bonchev–Trinajstić information content (AvgIpc) is 2.29.